The number of rotatable bonds is 9. The first-order chi connectivity index (χ1) is 14.7. The van der Waals surface area contributed by atoms with Gasteiger partial charge in [-0.3, -0.25) is 9.98 Å². The van der Waals surface area contributed by atoms with E-state index in [1.807, 2.05) is 43.3 Å². The number of benzene rings is 1. The molecule has 31 heavy (non-hydrogen) atoms. The number of methoxy groups -OCH3 is 1. The molecular weight excluding hydrogens is 531 g/mol. The highest BCUT2D eigenvalue weighted by Gasteiger charge is 2.09. The lowest BCUT2D eigenvalue weighted by atomic mass is 10.1. The molecule has 0 radical (unpaired) electrons. The molecule has 2 aromatic heterocycles. The van der Waals surface area contributed by atoms with Crippen molar-refractivity contribution in [1.82, 2.24) is 25.8 Å². The summed E-state index contributed by atoms with van der Waals surface area (Å²) < 4.78 is 10.5. The lowest BCUT2D eigenvalue weighted by Gasteiger charge is -2.12. The number of guanidine groups is 1. The Labute approximate surface area is 203 Å². The van der Waals surface area contributed by atoms with Gasteiger partial charge < -0.3 is 19.9 Å². The van der Waals surface area contributed by atoms with E-state index in [-0.39, 0.29) is 24.0 Å². The monoisotopic (exact) mass is 556 g/mol. The highest BCUT2D eigenvalue weighted by Crippen LogP contribution is 2.22. The fraction of sp³-hybridized carbons (Fsp3) is 0.333. The average molecular weight is 557 g/mol. The summed E-state index contributed by atoms with van der Waals surface area (Å²) in [7, 11) is 1.62. The van der Waals surface area contributed by atoms with Gasteiger partial charge in [0, 0.05) is 37.3 Å². The Morgan fingerprint density at radius 3 is 2.77 bits per heavy atom. The van der Waals surface area contributed by atoms with E-state index >= 15 is 0 Å². The van der Waals surface area contributed by atoms with Crippen molar-refractivity contribution < 1.29 is 9.26 Å². The molecule has 0 aliphatic rings. The van der Waals surface area contributed by atoms with Crippen molar-refractivity contribution in [3.05, 3.63) is 59.0 Å². The molecule has 0 saturated carbocycles. The van der Waals surface area contributed by atoms with Gasteiger partial charge >= 0.3 is 0 Å². The highest BCUT2D eigenvalue weighted by atomic mass is 127. The Bertz CT molecular complexity index is 968. The van der Waals surface area contributed by atoms with Gasteiger partial charge in [-0.2, -0.15) is 4.98 Å². The molecule has 0 atom stereocenters. The quantitative estimate of drug-likeness (QED) is 0.235. The molecule has 0 aliphatic heterocycles. The summed E-state index contributed by atoms with van der Waals surface area (Å²) in [6, 6.07) is 11.3. The normalized spacial score (nSPS) is 11.0. The summed E-state index contributed by atoms with van der Waals surface area (Å²) in [5, 5.41) is 11.2. The first kappa shape index (κ1) is 24.9. The molecule has 0 fully saturated rings. The first-order valence-corrected chi connectivity index (χ1v) is 10.2. The average Bonchev–Trinajstić information content (AvgIpc) is 3.24. The van der Waals surface area contributed by atoms with Crippen LogP contribution in [0.5, 0.6) is 5.75 Å². The fourth-order valence-electron chi connectivity index (χ4n) is 2.73. The van der Waals surface area contributed by atoms with Crippen LogP contribution in [0.1, 0.15) is 18.3 Å². The Balaban J connectivity index is 0.00000341. The van der Waals surface area contributed by atoms with Gasteiger partial charge in [-0.15, -0.1) is 24.0 Å². The van der Waals surface area contributed by atoms with Crippen LogP contribution in [0.4, 0.5) is 0 Å². The number of aromatic nitrogens is 3. The molecule has 0 saturated heterocycles. The Morgan fingerprint density at radius 2 is 2.06 bits per heavy atom. The Morgan fingerprint density at radius 1 is 1.19 bits per heavy atom. The molecule has 1 aromatic carbocycles. The van der Waals surface area contributed by atoms with Crippen LogP contribution in [-0.2, 0) is 12.8 Å². The van der Waals surface area contributed by atoms with E-state index in [1.165, 1.54) is 0 Å². The second-order valence-electron chi connectivity index (χ2n) is 6.38. The fourth-order valence-corrected chi connectivity index (χ4v) is 3.00. The zero-order valence-corrected chi connectivity index (χ0v) is 20.6. The molecule has 0 amide bonds. The van der Waals surface area contributed by atoms with Gasteiger partial charge in [0.1, 0.15) is 11.4 Å². The molecule has 2 heterocycles. The SMILES string of the molecule is CCNC(=NCCc1noc(-c2ccccn2)n1)NCCc1ccc(OC)cc1Cl.I. The molecule has 0 unspecified atom stereocenters. The molecule has 166 valence electrons. The molecule has 0 spiro atoms. The van der Waals surface area contributed by atoms with Gasteiger partial charge in [0.25, 0.3) is 5.89 Å². The molecule has 8 nitrogen and oxygen atoms in total. The number of nitrogens with one attached hydrogen (secondary N) is 2. The Kier molecular flexibility index (Phi) is 10.5. The molecule has 3 rings (SSSR count). The smallest absolute Gasteiger partial charge is 0.276 e. The van der Waals surface area contributed by atoms with Crippen LogP contribution in [0.25, 0.3) is 11.6 Å². The molecule has 10 heteroatoms. The van der Waals surface area contributed by atoms with Crippen LogP contribution >= 0.6 is 35.6 Å². The minimum absolute atomic E-state index is 0. The topological polar surface area (TPSA) is 97.5 Å². The van der Waals surface area contributed by atoms with Gasteiger partial charge in [0.15, 0.2) is 11.8 Å². The lowest BCUT2D eigenvalue weighted by Crippen LogP contribution is -2.38. The molecule has 3 aromatic rings. The highest BCUT2D eigenvalue weighted by molar-refractivity contribution is 14.0. The number of halogens is 2. The van der Waals surface area contributed by atoms with Crippen molar-refractivity contribution in [2.45, 2.75) is 19.8 Å². The summed E-state index contributed by atoms with van der Waals surface area (Å²) in [4.78, 5) is 13.2. The van der Waals surface area contributed by atoms with Gasteiger partial charge in [-0.05, 0) is 43.2 Å². The van der Waals surface area contributed by atoms with Crippen molar-refractivity contribution >= 4 is 41.5 Å². The van der Waals surface area contributed by atoms with Crippen molar-refractivity contribution in [3.8, 4) is 17.3 Å². The number of aliphatic imine (C=N–C) groups is 1. The second-order valence-corrected chi connectivity index (χ2v) is 6.78. The lowest BCUT2D eigenvalue weighted by molar-refractivity contribution is 0.414. The van der Waals surface area contributed by atoms with E-state index < -0.39 is 0 Å². The van der Waals surface area contributed by atoms with E-state index in [0.29, 0.717) is 41.9 Å². The predicted molar refractivity (Wildman–Crippen MR) is 132 cm³/mol. The Hall–Kier alpha value is -2.40. The van der Waals surface area contributed by atoms with Crippen LogP contribution < -0.4 is 15.4 Å². The van der Waals surface area contributed by atoms with Gasteiger partial charge in [0.05, 0.1) is 7.11 Å². The molecular formula is C21H26ClIN6O2. The zero-order chi connectivity index (χ0) is 21.2. The standard InChI is InChI=1S/C21H25ClN6O2.HI/c1-3-23-21(25-12-9-15-7-8-16(29-2)14-17(15)22)26-13-10-19-27-20(30-28-19)18-6-4-5-11-24-18;/h4-8,11,14H,3,9-10,12-13H2,1-2H3,(H2,23,25,26);1H. The molecule has 0 aliphatic carbocycles. The van der Waals surface area contributed by atoms with Gasteiger partial charge in [0.2, 0.25) is 0 Å². The minimum atomic E-state index is 0. The van der Waals surface area contributed by atoms with E-state index in [2.05, 4.69) is 30.8 Å². The number of ether oxygens (including phenoxy) is 1. The van der Waals surface area contributed by atoms with E-state index in [0.717, 1.165) is 30.2 Å². The largest absolute Gasteiger partial charge is 0.497 e. The van der Waals surface area contributed by atoms with E-state index in [1.54, 1.807) is 13.3 Å². The minimum Gasteiger partial charge on any atom is -0.497 e. The summed E-state index contributed by atoms with van der Waals surface area (Å²) in [6.45, 7) is 4.01. The van der Waals surface area contributed by atoms with Crippen molar-refractivity contribution in [1.29, 1.82) is 0 Å². The van der Waals surface area contributed by atoms with Crippen LogP contribution in [0.15, 0.2) is 52.1 Å². The maximum absolute atomic E-state index is 6.30. The number of pyridine rings is 1. The zero-order valence-electron chi connectivity index (χ0n) is 17.5. The molecule has 2 N–H and O–H groups in total. The van der Waals surface area contributed by atoms with Crippen LogP contribution in [0, 0.1) is 0 Å². The van der Waals surface area contributed by atoms with Crippen LogP contribution in [0.3, 0.4) is 0 Å². The van der Waals surface area contributed by atoms with Crippen molar-refractivity contribution in [3.63, 3.8) is 0 Å². The number of hydrogen-bond donors (Lipinski definition) is 2. The van der Waals surface area contributed by atoms with Gasteiger partial charge in [-0.1, -0.05) is 28.9 Å². The van der Waals surface area contributed by atoms with E-state index in [4.69, 9.17) is 20.9 Å². The van der Waals surface area contributed by atoms with Gasteiger partial charge in [-0.25, -0.2) is 0 Å². The van der Waals surface area contributed by atoms with Crippen molar-refractivity contribution in [2.24, 2.45) is 4.99 Å². The maximum atomic E-state index is 6.30. The molecule has 0 bridgehead atoms. The van der Waals surface area contributed by atoms with Crippen LogP contribution in [-0.4, -0.2) is 47.8 Å². The van der Waals surface area contributed by atoms with Crippen molar-refractivity contribution in [2.75, 3.05) is 26.7 Å². The third kappa shape index (κ3) is 7.66. The second kappa shape index (κ2) is 13.1. The van der Waals surface area contributed by atoms with Crippen LogP contribution in [0.2, 0.25) is 5.02 Å². The summed E-state index contributed by atoms with van der Waals surface area (Å²) in [5.41, 5.74) is 1.71. The maximum Gasteiger partial charge on any atom is 0.276 e. The first-order valence-electron chi connectivity index (χ1n) is 9.78. The summed E-state index contributed by atoms with van der Waals surface area (Å²) in [5.74, 6) is 2.49. The number of nitrogens with zero attached hydrogens (tertiary/aromatic N) is 4. The number of hydrogen-bond acceptors (Lipinski definition) is 6. The summed E-state index contributed by atoms with van der Waals surface area (Å²) >= 11 is 6.30. The third-order valence-corrected chi connectivity index (χ3v) is 4.60. The third-order valence-electron chi connectivity index (χ3n) is 4.25. The van der Waals surface area contributed by atoms with E-state index in [9.17, 15) is 0 Å². The predicted octanol–water partition coefficient (Wildman–Crippen LogP) is 3.75. The summed E-state index contributed by atoms with van der Waals surface area (Å²) in [6.07, 6.45) is 3.03.